The van der Waals surface area contributed by atoms with Crippen molar-refractivity contribution in [1.29, 1.82) is 0 Å². The van der Waals surface area contributed by atoms with Crippen molar-refractivity contribution in [3.8, 4) is 28.6 Å². The van der Waals surface area contributed by atoms with E-state index in [0.29, 0.717) is 48.1 Å². The van der Waals surface area contributed by atoms with Crippen LogP contribution in [0.2, 0.25) is 0 Å². The molecule has 1 aliphatic rings. The van der Waals surface area contributed by atoms with Crippen molar-refractivity contribution in [2.45, 2.75) is 25.7 Å². The van der Waals surface area contributed by atoms with Gasteiger partial charge in [0.1, 0.15) is 17.2 Å². The summed E-state index contributed by atoms with van der Waals surface area (Å²) in [5, 5.41) is 0. The molecule has 0 spiro atoms. The van der Waals surface area contributed by atoms with E-state index in [0.717, 1.165) is 35.5 Å². The number of benzene rings is 2. The highest BCUT2D eigenvalue weighted by Gasteiger charge is 2.30. The van der Waals surface area contributed by atoms with E-state index in [4.69, 9.17) is 14.2 Å². The minimum Gasteiger partial charge on any atom is -0.496 e. The quantitative estimate of drug-likeness (QED) is 0.531. The summed E-state index contributed by atoms with van der Waals surface area (Å²) in [5.41, 5.74) is 2.69. The summed E-state index contributed by atoms with van der Waals surface area (Å²) in [5.74, 6) is 2.45. The van der Waals surface area contributed by atoms with Crippen molar-refractivity contribution in [2.24, 2.45) is 0 Å². The van der Waals surface area contributed by atoms with Crippen LogP contribution in [-0.4, -0.2) is 42.7 Å². The lowest BCUT2D eigenvalue weighted by atomic mass is 10.0. The largest absolute Gasteiger partial charge is 0.496 e. The van der Waals surface area contributed by atoms with Gasteiger partial charge in [-0.3, -0.25) is 4.90 Å². The molecule has 0 radical (unpaired) electrons. The molecule has 0 unspecified atom stereocenters. The number of halogens is 3. The van der Waals surface area contributed by atoms with E-state index in [1.807, 2.05) is 12.1 Å². The summed E-state index contributed by atoms with van der Waals surface area (Å²) in [4.78, 5) is 11.3. The second-order valence-corrected chi connectivity index (χ2v) is 7.71. The molecule has 0 bridgehead atoms. The predicted octanol–water partition coefficient (Wildman–Crippen LogP) is 4.75. The lowest BCUT2D eigenvalue weighted by Gasteiger charge is -2.29. The summed E-state index contributed by atoms with van der Waals surface area (Å²) in [7, 11) is 4.81. The Morgan fingerprint density at radius 2 is 1.64 bits per heavy atom. The lowest BCUT2D eigenvalue weighted by Crippen LogP contribution is -2.31. The fraction of sp³-hybridized carbons (Fsp3) is 0.333. The van der Waals surface area contributed by atoms with E-state index < -0.39 is 11.7 Å². The van der Waals surface area contributed by atoms with Crippen molar-refractivity contribution in [3.05, 3.63) is 65.0 Å². The summed E-state index contributed by atoms with van der Waals surface area (Å²) in [6.45, 7) is 2.01. The highest BCUT2D eigenvalue weighted by atomic mass is 19.4. The van der Waals surface area contributed by atoms with Gasteiger partial charge in [-0.25, -0.2) is 9.97 Å². The van der Waals surface area contributed by atoms with Crippen LogP contribution in [0.25, 0.3) is 11.4 Å². The zero-order valence-corrected chi connectivity index (χ0v) is 18.6. The number of methoxy groups -OCH3 is 3. The average Bonchev–Trinajstić information content (AvgIpc) is 2.83. The molecule has 4 rings (SSSR count). The normalized spacial score (nSPS) is 14.0. The molecule has 0 saturated carbocycles. The topological polar surface area (TPSA) is 56.7 Å². The second-order valence-electron chi connectivity index (χ2n) is 7.71. The molecule has 0 N–H and O–H groups in total. The molecule has 1 aliphatic heterocycles. The Labute approximate surface area is 189 Å². The number of alkyl halides is 3. The van der Waals surface area contributed by atoms with Gasteiger partial charge in [0.05, 0.1) is 38.2 Å². The summed E-state index contributed by atoms with van der Waals surface area (Å²) in [6, 6.07) is 8.57. The van der Waals surface area contributed by atoms with Crippen molar-refractivity contribution in [1.82, 2.24) is 14.9 Å². The molecule has 6 nitrogen and oxygen atoms in total. The van der Waals surface area contributed by atoms with Gasteiger partial charge in [0.15, 0.2) is 5.82 Å². The van der Waals surface area contributed by atoms with Gasteiger partial charge >= 0.3 is 6.18 Å². The van der Waals surface area contributed by atoms with E-state index >= 15 is 0 Å². The van der Waals surface area contributed by atoms with Crippen LogP contribution in [0.1, 0.15) is 22.4 Å². The fourth-order valence-electron chi connectivity index (χ4n) is 3.91. The van der Waals surface area contributed by atoms with E-state index in [9.17, 15) is 13.2 Å². The molecule has 174 valence electrons. The van der Waals surface area contributed by atoms with Crippen molar-refractivity contribution >= 4 is 0 Å². The van der Waals surface area contributed by atoms with E-state index in [1.54, 1.807) is 27.5 Å². The average molecular weight is 459 g/mol. The van der Waals surface area contributed by atoms with Gasteiger partial charge in [-0.2, -0.15) is 13.2 Å². The molecular weight excluding hydrogens is 435 g/mol. The van der Waals surface area contributed by atoms with E-state index in [1.165, 1.54) is 12.1 Å². The van der Waals surface area contributed by atoms with E-state index in [2.05, 4.69) is 14.9 Å². The van der Waals surface area contributed by atoms with Crippen LogP contribution in [0, 0.1) is 0 Å². The minimum atomic E-state index is -4.37. The SMILES string of the molecule is COc1cc(OC)c(CN2CCc3nc(-c4ccc(C(F)(F)F)cc4)ncc3C2)c(OC)c1. The molecule has 2 aromatic carbocycles. The molecule has 3 aromatic rings. The molecule has 0 saturated heterocycles. The first-order valence-corrected chi connectivity index (χ1v) is 10.4. The van der Waals surface area contributed by atoms with Crippen LogP contribution in [0.3, 0.4) is 0 Å². The number of rotatable bonds is 6. The Kier molecular flexibility index (Phi) is 6.42. The summed E-state index contributed by atoms with van der Waals surface area (Å²) < 4.78 is 54.9. The second kappa shape index (κ2) is 9.27. The number of hydrogen-bond acceptors (Lipinski definition) is 6. The van der Waals surface area contributed by atoms with Crippen LogP contribution >= 0.6 is 0 Å². The standard InChI is InChI=1S/C24H24F3N3O3/c1-31-18-10-21(32-2)19(22(11-18)33-3)14-30-9-8-20-16(13-30)12-28-23(29-20)15-4-6-17(7-5-15)24(25,26)27/h4-7,10-12H,8-9,13-14H2,1-3H3. The van der Waals surface area contributed by atoms with Gasteiger partial charge in [0.25, 0.3) is 0 Å². The van der Waals surface area contributed by atoms with E-state index in [-0.39, 0.29) is 0 Å². The van der Waals surface area contributed by atoms with Gasteiger partial charge < -0.3 is 14.2 Å². The number of nitrogens with zero attached hydrogens (tertiary/aromatic N) is 3. The summed E-state index contributed by atoms with van der Waals surface area (Å²) >= 11 is 0. The third-order valence-corrected chi connectivity index (χ3v) is 5.68. The highest BCUT2D eigenvalue weighted by molar-refractivity contribution is 5.56. The molecule has 0 aliphatic carbocycles. The van der Waals surface area contributed by atoms with Gasteiger partial charge in [0, 0.05) is 55.5 Å². The molecule has 33 heavy (non-hydrogen) atoms. The molecule has 0 amide bonds. The first kappa shape index (κ1) is 22.8. The Bertz CT molecular complexity index is 1110. The first-order valence-electron chi connectivity index (χ1n) is 10.4. The Balaban J connectivity index is 1.52. The van der Waals surface area contributed by atoms with Crippen molar-refractivity contribution in [3.63, 3.8) is 0 Å². The number of hydrogen-bond donors (Lipinski definition) is 0. The number of aromatic nitrogens is 2. The molecule has 0 fully saturated rings. The third-order valence-electron chi connectivity index (χ3n) is 5.68. The Hall–Kier alpha value is -3.33. The smallest absolute Gasteiger partial charge is 0.416 e. The number of ether oxygens (including phenoxy) is 3. The minimum absolute atomic E-state index is 0.425. The number of fused-ring (bicyclic) bond motifs is 1. The van der Waals surface area contributed by atoms with Gasteiger partial charge in [-0.05, 0) is 12.1 Å². The predicted molar refractivity (Wildman–Crippen MR) is 116 cm³/mol. The van der Waals surface area contributed by atoms with Crippen LogP contribution in [-0.2, 0) is 25.7 Å². The third kappa shape index (κ3) is 4.88. The van der Waals surface area contributed by atoms with Crippen LogP contribution in [0.4, 0.5) is 13.2 Å². The van der Waals surface area contributed by atoms with Crippen LogP contribution < -0.4 is 14.2 Å². The molecule has 1 aromatic heterocycles. The molecule has 9 heteroatoms. The maximum absolute atomic E-state index is 12.8. The van der Waals surface area contributed by atoms with Crippen LogP contribution in [0.5, 0.6) is 17.2 Å². The molecule has 0 atom stereocenters. The maximum atomic E-state index is 12.8. The fourth-order valence-corrected chi connectivity index (χ4v) is 3.91. The Morgan fingerprint density at radius 1 is 0.970 bits per heavy atom. The highest BCUT2D eigenvalue weighted by Crippen LogP contribution is 2.36. The van der Waals surface area contributed by atoms with Gasteiger partial charge in [0.2, 0.25) is 0 Å². The first-order chi connectivity index (χ1) is 15.8. The van der Waals surface area contributed by atoms with Crippen LogP contribution in [0.15, 0.2) is 42.6 Å². The van der Waals surface area contributed by atoms with Crippen molar-refractivity contribution in [2.75, 3.05) is 27.9 Å². The maximum Gasteiger partial charge on any atom is 0.416 e. The van der Waals surface area contributed by atoms with Gasteiger partial charge in [-0.1, -0.05) is 12.1 Å². The van der Waals surface area contributed by atoms with Gasteiger partial charge in [-0.15, -0.1) is 0 Å². The zero-order valence-electron chi connectivity index (χ0n) is 18.6. The zero-order chi connectivity index (χ0) is 23.6. The molecule has 2 heterocycles. The molecular formula is C24H24F3N3O3. The lowest BCUT2D eigenvalue weighted by molar-refractivity contribution is -0.137. The monoisotopic (exact) mass is 459 g/mol. The Morgan fingerprint density at radius 3 is 2.21 bits per heavy atom. The summed E-state index contributed by atoms with van der Waals surface area (Å²) in [6.07, 6.45) is -1.91. The van der Waals surface area contributed by atoms with Crippen molar-refractivity contribution < 1.29 is 27.4 Å².